The van der Waals surface area contributed by atoms with Crippen molar-refractivity contribution in [1.82, 2.24) is 0 Å². The van der Waals surface area contributed by atoms with Crippen LogP contribution in [0, 0.1) is 46.5 Å². The molecule has 1 aliphatic carbocycles. The second kappa shape index (κ2) is 15.3. The van der Waals surface area contributed by atoms with E-state index >= 15 is 0 Å². The molecule has 0 spiro atoms. The van der Waals surface area contributed by atoms with Crippen LogP contribution in [0.3, 0.4) is 0 Å². The van der Waals surface area contributed by atoms with Crippen molar-refractivity contribution in [2.45, 2.75) is 67.2 Å². The number of rotatable bonds is 9. The molecule has 0 saturated carbocycles. The average Bonchev–Trinajstić information content (AvgIpc) is 3.13. The first-order valence-electron chi connectivity index (χ1n) is 18.4. The van der Waals surface area contributed by atoms with Gasteiger partial charge in [0.1, 0.15) is 16.2 Å². The lowest BCUT2D eigenvalue weighted by Gasteiger charge is -2.21. The molecule has 1 heterocycles. The highest BCUT2D eigenvalue weighted by Crippen LogP contribution is 2.44. The molecule has 290 valence electrons. The molecule has 2 amide bonds. The molecule has 0 atom stereocenters. The summed E-state index contributed by atoms with van der Waals surface area (Å²) in [6, 6.07) is 20.9. The molecule has 0 radical (unpaired) electrons. The predicted octanol–water partition coefficient (Wildman–Crippen LogP) is 9.74. The van der Waals surface area contributed by atoms with E-state index < -0.39 is 10.1 Å². The van der Waals surface area contributed by atoms with Crippen LogP contribution in [-0.4, -0.2) is 24.8 Å². The Kier molecular flexibility index (Phi) is 10.8. The van der Waals surface area contributed by atoms with Gasteiger partial charge in [0.2, 0.25) is 11.8 Å². The number of benzene rings is 5. The number of hydrogen-bond donors (Lipinski definition) is 5. The number of carbonyl (C=O) groups excluding carboxylic acids is 2. The summed E-state index contributed by atoms with van der Waals surface area (Å²) in [6.07, 6.45) is 0. The van der Waals surface area contributed by atoms with Crippen LogP contribution in [0.5, 0.6) is 0 Å². The highest BCUT2D eigenvalue weighted by atomic mass is 32.2. The van der Waals surface area contributed by atoms with Gasteiger partial charge in [-0.2, -0.15) is 8.42 Å². The number of fused-ring (bicyclic) bond motifs is 2. The number of aryl methyl sites for hydroxylation is 3. The molecular formula is C44H47N5O6S. The fraction of sp³-hybridized carbons (Fsp3) is 0.250. The van der Waals surface area contributed by atoms with Gasteiger partial charge >= 0.3 is 0 Å². The Labute approximate surface area is 327 Å². The van der Waals surface area contributed by atoms with Gasteiger partial charge < -0.3 is 26.1 Å². The fourth-order valence-electron chi connectivity index (χ4n) is 6.94. The second-order valence-corrected chi connectivity index (χ2v) is 16.3. The summed E-state index contributed by atoms with van der Waals surface area (Å²) in [6.45, 7) is 17.0. The van der Waals surface area contributed by atoms with E-state index in [9.17, 15) is 22.6 Å². The summed E-state index contributed by atoms with van der Waals surface area (Å²) in [7, 11) is -4.61. The van der Waals surface area contributed by atoms with Crippen LogP contribution in [-0.2, 0) is 19.7 Å². The van der Waals surface area contributed by atoms with E-state index in [-0.39, 0.29) is 28.5 Å². The first-order valence-corrected chi connectivity index (χ1v) is 19.8. The number of amides is 2. The first-order chi connectivity index (χ1) is 26.3. The smallest absolute Gasteiger partial charge is 0.295 e. The summed E-state index contributed by atoms with van der Waals surface area (Å²) in [5.41, 5.74) is 16.4. The third kappa shape index (κ3) is 7.75. The summed E-state index contributed by atoms with van der Waals surface area (Å²) >= 11 is 0. The number of nitrogen functional groups attached to an aromatic ring is 1. The van der Waals surface area contributed by atoms with Gasteiger partial charge in [0, 0.05) is 63.1 Å². The number of nitrogens with one attached hydrogen (secondary N) is 3. The summed E-state index contributed by atoms with van der Waals surface area (Å²) in [5, 5.41) is 10.7. The summed E-state index contributed by atoms with van der Waals surface area (Å²) < 4.78 is 42.3. The lowest BCUT2D eigenvalue weighted by Crippen LogP contribution is -2.19. The molecule has 12 heteroatoms. The van der Waals surface area contributed by atoms with Crippen molar-refractivity contribution < 1.29 is 27.0 Å². The van der Waals surface area contributed by atoms with Crippen LogP contribution < -0.4 is 27.0 Å². The molecule has 0 aromatic heterocycles. The maximum absolute atomic E-state index is 12.7. The molecule has 0 saturated heterocycles. The molecule has 0 fully saturated rings. The Morgan fingerprint density at radius 3 is 2.00 bits per heavy atom. The van der Waals surface area contributed by atoms with Crippen LogP contribution in [0.15, 0.2) is 87.1 Å². The molecule has 4 aromatic rings. The number of anilines is 5. The molecule has 6 N–H and O–H groups in total. The Hall–Kier alpha value is -5.98. The van der Waals surface area contributed by atoms with E-state index in [1.165, 1.54) is 6.07 Å². The van der Waals surface area contributed by atoms with Crippen molar-refractivity contribution in [2.24, 2.45) is 16.8 Å². The maximum atomic E-state index is 12.7. The molecule has 11 nitrogen and oxygen atoms in total. The zero-order valence-corrected chi connectivity index (χ0v) is 33.8. The SMILES string of the molecule is Cc1cc(C)c(NC(=O)C(C)C)c(C)c1/N=c1\ccc2c(-c3ccccc3S(=O)(=O)O)c3ccc(Nc4c(N)cc(C)c(NC(=O)C(C)C)c4C)cc3oc-2c1. The van der Waals surface area contributed by atoms with Crippen molar-refractivity contribution in [3.63, 3.8) is 0 Å². The van der Waals surface area contributed by atoms with Gasteiger partial charge in [0.25, 0.3) is 10.1 Å². The quantitative estimate of drug-likeness (QED) is 0.0548. The minimum absolute atomic E-state index is 0.0903. The Morgan fingerprint density at radius 2 is 1.36 bits per heavy atom. The van der Waals surface area contributed by atoms with Crippen LogP contribution in [0.4, 0.5) is 34.1 Å². The molecule has 1 aliphatic heterocycles. The summed E-state index contributed by atoms with van der Waals surface area (Å²) in [4.78, 5) is 30.1. The van der Waals surface area contributed by atoms with E-state index in [1.54, 1.807) is 36.4 Å². The number of nitrogens with zero attached hydrogens (tertiary/aromatic N) is 1. The van der Waals surface area contributed by atoms with Crippen LogP contribution in [0.25, 0.3) is 33.4 Å². The van der Waals surface area contributed by atoms with Crippen LogP contribution in [0.2, 0.25) is 0 Å². The van der Waals surface area contributed by atoms with Gasteiger partial charge in [-0.25, -0.2) is 4.99 Å². The Bertz CT molecular complexity index is 2710. The van der Waals surface area contributed by atoms with E-state index in [0.29, 0.717) is 72.9 Å². The minimum Gasteiger partial charge on any atom is -0.456 e. The lowest BCUT2D eigenvalue weighted by atomic mass is 9.93. The molecule has 0 bridgehead atoms. The largest absolute Gasteiger partial charge is 0.456 e. The van der Waals surface area contributed by atoms with Gasteiger partial charge in [-0.05, 0) is 98.8 Å². The third-order valence-electron chi connectivity index (χ3n) is 9.93. The highest BCUT2D eigenvalue weighted by molar-refractivity contribution is 7.86. The van der Waals surface area contributed by atoms with Crippen molar-refractivity contribution in [3.8, 4) is 22.5 Å². The monoisotopic (exact) mass is 773 g/mol. The van der Waals surface area contributed by atoms with Crippen molar-refractivity contribution >= 4 is 67.0 Å². The van der Waals surface area contributed by atoms with Gasteiger partial charge in [-0.1, -0.05) is 52.0 Å². The zero-order chi connectivity index (χ0) is 40.8. The normalized spacial score (nSPS) is 12.2. The topological polar surface area (TPSA) is 176 Å². The van der Waals surface area contributed by atoms with Crippen molar-refractivity contribution in [3.05, 3.63) is 106 Å². The van der Waals surface area contributed by atoms with E-state index in [4.69, 9.17) is 15.1 Å². The number of nitrogens with two attached hydrogens (primary N) is 1. The molecule has 2 aliphatic rings. The maximum Gasteiger partial charge on any atom is 0.295 e. The first kappa shape index (κ1) is 39.7. The van der Waals surface area contributed by atoms with Gasteiger partial charge in [-0.15, -0.1) is 0 Å². The molecular weight excluding hydrogens is 727 g/mol. The summed E-state index contributed by atoms with van der Waals surface area (Å²) in [5.74, 6) is -0.202. The third-order valence-corrected chi connectivity index (χ3v) is 10.8. The Balaban J connectivity index is 1.57. The standard InChI is InChI=1S/C44H47N5O6S/c1-22(2)43(50)48-40-25(6)18-24(5)39(27(40)8)46-29-14-16-31-35(20-29)55-36-21-30(15-17-32(36)38(31)33-12-10-11-13-37(33)56(52,53)54)47-42-28(9)41(26(7)19-34(42)45)49-44(51)23(3)4/h10-23,47H,45H2,1-9H3,(H,48,50)(H,49,51)(H,52,53,54)/b46-29+. The van der Waals surface area contributed by atoms with Gasteiger partial charge in [0.05, 0.1) is 22.4 Å². The van der Waals surface area contributed by atoms with Gasteiger partial charge in [0.15, 0.2) is 0 Å². The van der Waals surface area contributed by atoms with Crippen LogP contribution in [0.1, 0.15) is 55.5 Å². The molecule has 0 unspecified atom stereocenters. The second-order valence-electron chi connectivity index (χ2n) is 14.9. The van der Waals surface area contributed by atoms with Crippen molar-refractivity contribution in [2.75, 3.05) is 21.7 Å². The van der Waals surface area contributed by atoms with Crippen molar-refractivity contribution in [1.29, 1.82) is 0 Å². The number of carbonyl (C=O) groups is 2. The molecule has 6 rings (SSSR count). The molecule has 56 heavy (non-hydrogen) atoms. The molecule has 4 aromatic carbocycles. The lowest BCUT2D eigenvalue weighted by molar-refractivity contribution is -0.119. The fourth-order valence-corrected chi connectivity index (χ4v) is 7.63. The van der Waals surface area contributed by atoms with E-state index in [1.807, 2.05) is 92.6 Å². The van der Waals surface area contributed by atoms with Crippen LogP contribution >= 0.6 is 0 Å². The van der Waals surface area contributed by atoms with Gasteiger partial charge in [-0.3, -0.25) is 14.1 Å². The zero-order valence-electron chi connectivity index (χ0n) is 33.0. The predicted molar refractivity (Wildman–Crippen MR) is 225 cm³/mol. The van der Waals surface area contributed by atoms with E-state index in [2.05, 4.69) is 16.0 Å². The van der Waals surface area contributed by atoms with E-state index in [0.717, 1.165) is 27.8 Å². The minimum atomic E-state index is -4.61. The Morgan fingerprint density at radius 1 is 0.732 bits per heavy atom. The number of hydrogen-bond acceptors (Lipinski definition) is 8. The average molecular weight is 774 g/mol. The highest BCUT2D eigenvalue weighted by Gasteiger charge is 2.24.